The van der Waals surface area contributed by atoms with Crippen LogP contribution in [-0.4, -0.2) is 23.1 Å². The number of anilines is 1. The van der Waals surface area contributed by atoms with Crippen LogP contribution in [0.3, 0.4) is 0 Å². The number of hydrogen-bond acceptors (Lipinski definition) is 5. The van der Waals surface area contributed by atoms with E-state index >= 15 is 0 Å². The Balaban J connectivity index is 2.40. The number of nitrogens with zero attached hydrogens (tertiary/aromatic N) is 2. The fourth-order valence-electron chi connectivity index (χ4n) is 1.69. The van der Waals surface area contributed by atoms with Crippen LogP contribution in [0.4, 0.5) is 5.95 Å². The van der Waals surface area contributed by atoms with Gasteiger partial charge >= 0.3 is 0 Å². The SMILES string of the molecule is C/C=C/COc1nc(NCC)nc2sc(CC)cc12. The van der Waals surface area contributed by atoms with Gasteiger partial charge in [0.05, 0.1) is 5.39 Å². The van der Waals surface area contributed by atoms with Gasteiger partial charge in [-0.25, -0.2) is 4.98 Å². The number of aromatic nitrogens is 2. The molecule has 19 heavy (non-hydrogen) atoms. The Hall–Kier alpha value is -1.62. The third-order valence-corrected chi connectivity index (χ3v) is 3.82. The lowest BCUT2D eigenvalue weighted by Gasteiger charge is -2.06. The largest absolute Gasteiger partial charge is 0.473 e. The molecule has 2 aromatic rings. The summed E-state index contributed by atoms with van der Waals surface area (Å²) in [5.74, 6) is 1.30. The normalized spacial score (nSPS) is 11.3. The van der Waals surface area contributed by atoms with Gasteiger partial charge in [0, 0.05) is 11.4 Å². The summed E-state index contributed by atoms with van der Waals surface area (Å²) in [6, 6.07) is 2.13. The predicted molar refractivity (Wildman–Crippen MR) is 81.3 cm³/mol. The van der Waals surface area contributed by atoms with Gasteiger partial charge in [0.2, 0.25) is 11.8 Å². The molecule has 0 spiro atoms. The molecule has 0 aliphatic carbocycles. The molecular formula is C14H19N3OS. The van der Waals surface area contributed by atoms with Crippen molar-refractivity contribution in [2.45, 2.75) is 27.2 Å². The molecule has 0 aliphatic heterocycles. The number of nitrogens with one attached hydrogen (secondary N) is 1. The highest BCUT2D eigenvalue weighted by Gasteiger charge is 2.11. The van der Waals surface area contributed by atoms with E-state index in [1.807, 2.05) is 26.0 Å². The molecule has 0 saturated carbocycles. The van der Waals surface area contributed by atoms with Gasteiger partial charge in [-0.1, -0.05) is 19.1 Å². The Morgan fingerprint density at radius 1 is 1.37 bits per heavy atom. The molecule has 0 saturated heterocycles. The van der Waals surface area contributed by atoms with Crippen LogP contribution >= 0.6 is 11.3 Å². The minimum absolute atomic E-state index is 0.533. The van der Waals surface area contributed by atoms with Crippen molar-refractivity contribution >= 4 is 27.5 Å². The Morgan fingerprint density at radius 2 is 2.21 bits per heavy atom. The average molecular weight is 277 g/mol. The fourth-order valence-corrected chi connectivity index (χ4v) is 2.65. The number of thiophene rings is 1. The second-order valence-electron chi connectivity index (χ2n) is 4.05. The summed E-state index contributed by atoms with van der Waals surface area (Å²) in [4.78, 5) is 11.2. The monoisotopic (exact) mass is 277 g/mol. The highest BCUT2D eigenvalue weighted by molar-refractivity contribution is 7.18. The molecule has 0 amide bonds. The number of hydrogen-bond donors (Lipinski definition) is 1. The maximum atomic E-state index is 5.73. The minimum atomic E-state index is 0.533. The summed E-state index contributed by atoms with van der Waals surface area (Å²) < 4.78 is 5.73. The van der Waals surface area contributed by atoms with Gasteiger partial charge in [-0.15, -0.1) is 11.3 Å². The van der Waals surface area contributed by atoms with Crippen LogP contribution < -0.4 is 10.1 Å². The quantitative estimate of drug-likeness (QED) is 0.819. The molecule has 0 atom stereocenters. The number of ether oxygens (including phenoxy) is 1. The van der Waals surface area contributed by atoms with E-state index in [1.165, 1.54) is 4.88 Å². The topological polar surface area (TPSA) is 47.0 Å². The third-order valence-electron chi connectivity index (χ3n) is 2.64. The molecule has 0 bridgehead atoms. The summed E-state index contributed by atoms with van der Waals surface area (Å²) in [6.45, 7) is 7.48. The van der Waals surface area contributed by atoms with Gasteiger partial charge in [0.25, 0.3) is 0 Å². The maximum Gasteiger partial charge on any atom is 0.227 e. The fraction of sp³-hybridized carbons (Fsp3) is 0.429. The van der Waals surface area contributed by atoms with Crippen LogP contribution in [0.5, 0.6) is 5.88 Å². The lowest BCUT2D eigenvalue weighted by Crippen LogP contribution is -2.04. The molecule has 5 heteroatoms. The maximum absolute atomic E-state index is 5.73. The Bertz CT molecular complexity index is 577. The lowest BCUT2D eigenvalue weighted by atomic mass is 10.3. The highest BCUT2D eigenvalue weighted by atomic mass is 32.1. The van der Waals surface area contributed by atoms with Crippen LogP contribution in [-0.2, 0) is 6.42 Å². The third kappa shape index (κ3) is 3.23. The second kappa shape index (κ2) is 6.52. The lowest BCUT2D eigenvalue weighted by molar-refractivity contribution is 0.353. The zero-order valence-electron chi connectivity index (χ0n) is 11.6. The van der Waals surface area contributed by atoms with Crippen molar-refractivity contribution in [3.8, 4) is 5.88 Å². The van der Waals surface area contributed by atoms with E-state index in [1.54, 1.807) is 11.3 Å². The first-order valence-electron chi connectivity index (χ1n) is 6.56. The molecule has 2 rings (SSSR count). The summed E-state index contributed by atoms with van der Waals surface area (Å²) >= 11 is 1.70. The van der Waals surface area contributed by atoms with E-state index < -0.39 is 0 Å². The number of fused-ring (bicyclic) bond motifs is 1. The van der Waals surface area contributed by atoms with Gasteiger partial charge in [-0.3, -0.25) is 0 Å². The van der Waals surface area contributed by atoms with Crippen LogP contribution in [0, 0.1) is 0 Å². The van der Waals surface area contributed by atoms with E-state index in [2.05, 4.69) is 28.3 Å². The van der Waals surface area contributed by atoms with Crippen molar-refractivity contribution in [3.63, 3.8) is 0 Å². The zero-order chi connectivity index (χ0) is 13.7. The van der Waals surface area contributed by atoms with Crippen molar-refractivity contribution in [1.29, 1.82) is 0 Å². The molecule has 0 aromatic carbocycles. The van der Waals surface area contributed by atoms with Gasteiger partial charge in [-0.2, -0.15) is 4.98 Å². The Labute approximate surface area is 117 Å². The number of aryl methyl sites for hydroxylation is 1. The standard InChI is InChI=1S/C14H19N3OS/c1-4-7-8-18-12-11-9-10(5-2)19-13(11)17-14(16-12)15-6-3/h4,7,9H,5-6,8H2,1-3H3,(H,15,16,17)/b7-4+. The van der Waals surface area contributed by atoms with Crippen LogP contribution in [0.2, 0.25) is 0 Å². The van der Waals surface area contributed by atoms with E-state index in [-0.39, 0.29) is 0 Å². The van der Waals surface area contributed by atoms with Crippen LogP contribution in [0.15, 0.2) is 18.2 Å². The number of rotatable bonds is 6. The smallest absolute Gasteiger partial charge is 0.227 e. The van der Waals surface area contributed by atoms with Crippen LogP contribution in [0.25, 0.3) is 10.2 Å². The number of allylic oxidation sites excluding steroid dienone is 1. The van der Waals surface area contributed by atoms with Crippen molar-refractivity contribution in [2.24, 2.45) is 0 Å². The molecule has 0 radical (unpaired) electrons. The van der Waals surface area contributed by atoms with E-state index in [4.69, 9.17) is 4.74 Å². The molecule has 0 fully saturated rings. The Kier molecular flexibility index (Phi) is 4.74. The van der Waals surface area contributed by atoms with Gasteiger partial charge in [-0.05, 0) is 26.3 Å². The zero-order valence-corrected chi connectivity index (χ0v) is 12.4. The summed E-state index contributed by atoms with van der Waals surface area (Å²) in [5, 5.41) is 4.15. The first-order valence-corrected chi connectivity index (χ1v) is 7.38. The molecule has 102 valence electrons. The first kappa shape index (κ1) is 13.8. The summed E-state index contributed by atoms with van der Waals surface area (Å²) in [7, 11) is 0. The van der Waals surface area contributed by atoms with Crippen molar-refractivity contribution in [2.75, 3.05) is 18.5 Å². The van der Waals surface area contributed by atoms with E-state index in [0.29, 0.717) is 18.4 Å². The van der Waals surface area contributed by atoms with Crippen molar-refractivity contribution < 1.29 is 4.74 Å². The van der Waals surface area contributed by atoms with E-state index in [0.717, 1.165) is 23.2 Å². The molecule has 2 heterocycles. The average Bonchev–Trinajstić information content (AvgIpc) is 2.82. The molecule has 0 aliphatic rings. The molecular weight excluding hydrogens is 258 g/mol. The highest BCUT2D eigenvalue weighted by Crippen LogP contribution is 2.31. The van der Waals surface area contributed by atoms with Gasteiger partial charge in [0.15, 0.2) is 0 Å². The predicted octanol–water partition coefficient (Wildman–Crippen LogP) is 3.64. The minimum Gasteiger partial charge on any atom is -0.473 e. The van der Waals surface area contributed by atoms with Gasteiger partial charge in [0.1, 0.15) is 11.4 Å². The molecule has 2 aromatic heterocycles. The molecule has 0 unspecified atom stereocenters. The van der Waals surface area contributed by atoms with Crippen LogP contribution in [0.1, 0.15) is 25.6 Å². The van der Waals surface area contributed by atoms with E-state index in [9.17, 15) is 0 Å². The summed E-state index contributed by atoms with van der Waals surface area (Å²) in [5.41, 5.74) is 0. The molecule has 4 nitrogen and oxygen atoms in total. The summed E-state index contributed by atoms with van der Waals surface area (Å²) in [6.07, 6.45) is 4.94. The molecule has 1 N–H and O–H groups in total. The first-order chi connectivity index (χ1) is 9.28. The Morgan fingerprint density at radius 3 is 2.89 bits per heavy atom. The second-order valence-corrected chi connectivity index (χ2v) is 5.16. The van der Waals surface area contributed by atoms with Crippen molar-refractivity contribution in [3.05, 3.63) is 23.1 Å². The van der Waals surface area contributed by atoms with Gasteiger partial charge < -0.3 is 10.1 Å². The van der Waals surface area contributed by atoms with Crippen molar-refractivity contribution in [1.82, 2.24) is 9.97 Å².